The van der Waals surface area contributed by atoms with Crippen LogP contribution in [0.15, 0.2) is 168 Å². The van der Waals surface area contributed by atoms with E-state index in [1.807, 2.05) is 11.3 Å². The summed E-state index contributed by atoms with van der Waals surface area (Å²) in [6.07, 6.45) is 0. The molecule has 1 aliphatic heterocycles. The second-order valence-electron chi connectivity index (χ2n) is 21.7. The fraction of sp³-hybridized carbons (Fsp3) is 0.194. The van der Waals surface area contributed by atoms with Gasteiger partial charge >= 0.3 is 0 Å². The highest BCUT2D eigenvalue weighted by Crippen LogP contribution is 2.50. The van der Waals surface area contributed by atoms with Crippen molar-refractivity contribution in [3.8, 4) is 16.8 Å². The molecule has 0 spiro atoms. The van der Waals surface area contributed by atoms with Crippen LogP contribution in [0.3, 0.4) is 0 Å². The van der Waals surface area contributed by atoms with E-state index in [-0.39, 0.29) is 16.2 Å². The standard InChI is InChI=1S/C62H55BN3OS/c1-60(2,3)37-24-28-40(29-25-37)64-48-36-43(65(41-18-12-10-13-19-41)42-20-14-11-15-21-42)30-31-44(48)52-53-45-22-16-17-23-50(45)67-58(53)54-46-34-38(61(4,5)6)26-32-49(46)66-56-47-35-39(62(7,8)9)27-33-51(47)68-59(56)63-55(52)57(54)66/h10-36,64H,1-9H3. The minimum absolute atomic E-state index is 0.00181. The predicted molar refractivity (Wildman–Crippen MR) is 294 cm³/mol. The van der Waals surface area contributed by atoms with Crippen LogP contribution in [0, 0.1) is 0 Å². The normalized spacial score (nSPS) is 12.9. The molecule has 0 unspecified atom stereocenters. The third-order valence-electron chi connectivity index (χ3n) is 14.1. The van der Waals surface area contributed by atoms with Crippen molar-refractivity contribution in [3.63, 3.8) is 0 Å². The number of nitrogens with one attached hydrogen (secondary N) is 1. The molecule has 0 bridgehead atoms. The highest BCUT2D eigenvalue weighted by Gasteiger charge is 2.34. The average Bonchev–Trinajstić information content (AvgIpc) is 3.99. The fourth-order valence-corrected chi connectivity index (χ4v) is 11.6. The largest absolute Gasteiger partial charge is 0.455 e. The van der Waals surface area contributed by atoms with Gasteiger partial charge in [-0.1, -0.05) is 147 Å². The Bertz CT molecular complexity index is 3740. The number of nitrogens with zero attached hydrogens (tertiary/aromatic N) is 2. The van der Waals surface area contributed by atoms with Gasteiger partial charge in [-0.2, -0.15) is 0 Å². The molecule has 0 aliphatic carbocycles. The Balaban J connectivity index is 1.21. The first-order valence-electron chi connectivity index (χ1n) is 23.9. The zero-order chi connectivity index (χ0) is 46.9. The highest BCUT2D eigenvalue weighted by molar-refractivity contribution is 7.29. The third kappa shape index (κ3) is 6.78. The van der Waals surface area contributed by atoms with E-state index in [0.29, 0.717) is 0 Å². The number of rotatable bonds is 6. The summed E-state index contributed by atoms with van der Waals surface area (Å²) in [4.78, 5) is 2.35. The van der Waals surface area contributed by atoms with E-state index in [1.54, 1.807) is 0 Å². The Labute approximate surface area is 404 Å². The third-order valence-corrected chi connectivity index (χ3v) is 15.2. The van der Waals surface area contributed by atoms with Crippen LogP contribution in [0.25, 0.3) is 70.6 Å². The molecule has 0 amide bonds. The minimum Gasteiger partial charge on any atom is -0.455 e. The van der Waals surface area contributed by atoms with Crippen LogP contribution in [-0.2, 0) is 16.2 Å². The number of hydrogen-bond donors (Lipinski definition) is 1. The number of fused-ring (bicyclic) bond motifs is 11. The van der Waals surface area contributed by atoms with Crippen molar-refractivity contribution in [2.75, 3.05) is 10.2 Å². The van der Waals surface area contributed by atoms with Gasteiger partial charge in [-0.15, -0.1) is 11.3 Å². The van der Waals surface area contributed by atoms with Gasteiger partial charge in [0.15, 0.2) is 0 Å². The van der Waals surface area contributed by atoms with E-state index in [2.05, 4.69) is 248 Å². The summed E-state index contributed by atoms with van der Waals surface area (Å²) in [6, 6.07) is 60.2. The van der Waals surface area contributed by atoms with Crippen LogP contribution < -0.4 is 20.5 Å². The molecule has 6 heteroatoms. The van der Waals surface area contributed by atoms with Crippen LogP contribution in [0.1, 0.15) is 79.0 Å². The lowest BCUT2D eigenvalue weighted by molar-refractivity contribution is 0.590. The van der Waals surface area contributed by atoms with Crippen LogP contribution in [0.2, 0.25) is 0 Å². The zero-order valence-corrected chi connectivity index (χ0v) is 41.2. The number of anilines is 5. The van der Waals surface area contributed by atoms with E-state index in [0.717, 1.165) is 66.9 Å². The van der Waals surface area contributed by atoms with Gasteiger partial charge in [-0.25, -0.2) is 0 Å². The van der Waals surface area contributed by atoms with E-state index in [9.17, 15) is 0 Å². The minimum atomic E-state index is -0.0483. The van der Waals surface area contributed by atoms with Crippen molar-refractivity contribution in [2.45, 2.75) is 78.6 Å². The fourth-order valence-electron chi connectivity index (χ4n) is 10.5. The molecule has 4 nitrogen and oxygen atoms in total. The molecule has 4 heterocycles. The van der Waals surface area contributed by atoms with E-state index in [4.69, 9.17) is 4.42 Å². The van der Waals surface area contributed by atoms with Crippen molar-refractivity contribution in [1.29, 1.82) is 0 Å². The average molecular weight is 901 g/mol. The smallest absolute Gasteiger partial charge is 0.211 e. The maximum absolute atomic E-state index is 7.25. The molecular formula is C62H55BN3OS. The summed E-state index contributed by atoms with van der Waals surface area (Å²) in [7, 11) is 2.50. The zero-order valence-electron chi connectivity index (χ0n) is 40.4. The summed E-state index contributed by atoms with van der Waals surface area (Å²) < 4.78 is 12.4. The van der Waals surface area contributed by atoms with Crippen LogP contribution in [-0.4, -0.2) is 11.8 Å². The Hall–Kier alpha value is -7.02. The molecule has 1 aliphatic rings. The monoisotopic (exact) mass is 900 g/mol. The van der Waals surface area contributed by atoms with Gasteiger partial charge in [0.1, 0.15) is 11.2 Å². The first-order valence-corrected chi connectivity index (χ1v) is 24.7. The quantitative estimate of drug-likeness (QED) is 0.169. The summed E-state index contributed by atoms with van der Waals surface area (Å²) in [6.45, 7) is 20.7. The molecule has 0 saturated heterocycles. The van der Waals surface area contributed by atoms with Crippen LogP contribution in [0.5, 0.6) is 0 Å². The van der Waals surface area contributed by atoms with Crippen LogP contribution >= 0.6 is 11.3 Å². The number of para-hydroxylation sites is 3. The second kappa shape index (κ2) is 15.2. The SMILES string of the molecule is CC(C)(C)c1ccc(Nc2cc(N(c3ccccc3)c3ccccc3)ccc2-c2c3c4c(c5cc(C(C)(C)C)ccc5n4-c4c(sc5ccc(C(C)(C)C)cc45)[B]3)c3oc4ccccc4c23)cc1. The first kappa shape index (κ1) is 42.3. The molecule has 0 atom stereocenters. The Morgan fingerprint density at radius 3 is 1.81 bits per heavy atom. The maximum Gasteiger partial charge on any atom is 0.211 e. The van der Waals surface area contributed by atoms with Crippen molar-refractivity contribution < 1.29 is 4.42 Å². The molecule has 0 saturated carbocycles. The lowest BCUT2D eigenvalue weighted by Gasteiger charge is -2.28. The Kier molecular flexibility index (Phi) is 9.50. The summed E-state index contributed by atoms with van der Waals surface area (Å²) >= 11 is 1.89. The predicted octanol–water partition coefficient (Wildman–Crippen LogP) is 16.6. The van der Waals surface area contributed by atoms with Crippen molar-refractivity contribution in [3.05, 3.63) is 180 Å². The van der Waals surface area contributed by atoms with Crippen molar-refractivity contribution in [2.24, 2.45) is 0 Å². The van der Waals surface area contributed by atoms with E-state index >= 15 is 0 Å². The molecule has 11 aromatic rings. The summed E-state index contributed by atoms with van der Waals surface area (Å²) in [5, 5.41) is 9.91. The molecule has 1 radical (unpaired) electrons. The van der Waals surface area contributed by atoms with Gasteiger partial charge in [0.05, 0.1) is 22.1 Å². The Morgan fingerprint density at radius 1 is 0.544 bits per heavy atom. The molecule has 0 fully saturated rings. The summed E-state index contributed by atoms with van der Waals surface area (Å²) in [5.41, 5.74) is 18.1. The van der Waals surface area contributed by atoms with Gasteiger partial charge in [0.25, 0.3) is 0 Å². The lowest BCUT2D eigenvalue weighted by atomic mass is 9.62. The van der Waals surface area contributed by atoms with Crippen LogP contribution in [0.4, 0.5) is 28.4 Å². The molecule has 3 aromatic heterocycles. The van der Waals surface area contributed by atoms with Gasteiger partial charge in [0, 0.05) is 60.2 Å². The molecule has 8 aromatic carbocycles. The lowest BCUT2D eigenvalue weighted by Crippen LogP contribution is -2.35. The molecule has 68 heavy (non-hydrogen) atoms. The summed E-state index contributed by atoms with van der Waals surface area (Å²) in [5.74, 6) is 0. The molecule has 12 rings (SSSR count). The Morgan fingerprint density at radius 2 is 1.15 bits per heavy atom. The molecule has 1 N–H and O–H groups in total. The topological polar surface area (TPSA) is 33.3 Å². The number of aromatic nitrogens is 1. The van der Waals surface area contributed by atoms with Crippen molar-refractivity contribution in [1.82, 2.24) is 4.57 Å². The number of benzene rings is 8. The van der Waals surface area contributed by atoms with Gasteiger partial charge in [-0.05, 0) is 128 Å². The van der Waals surface area contributed by atoms with Gasteiger partial charge < -0.3 is 19.2 Å². The maximum atomic E-state index is 7.25. The molecule has 333 valence electrons. The number of furan rings is 1. The van der Waals surface area contributed by atoms with E-state index < -0.39 is 0 Å². The van der Waals surface area contributed by atoms with Gasteiger partial charge in [0.2, 0.25) is 7.28 Å². The number of hydrogen-bond acceptors (Lipinski definition) is 4. The second-order valence-corrected chi connectivity index (χ2v) is 22.8. The molecular weight excluding hydrogens is 846 g/mol. The first-order chi connectivity index (χ1) is 32.6. The van der Waals surface area contributed by atoms with Crippen molar-refractivity contribution >= 4 is 111 Å². The van der Waals surface area contributed by atoms with Gasteiger partial charge in [-0.3, -0.25) is 0 Å². The number of thiophene rings is 1. The van der Waals surface area contributed by atoms with E-state index in [1.165, 1.54) is 59.1 Å². The highest BCUT2D eigenvalue weighted by atomic mass is 32.1.